The number of anilines is 2. The Morgan fingerprint density at radius 3 is 2.36 bits per heavy atom. The van der Waals surface area contributed by atoms with Crippen LogP contribution >= 0.6 is 23.1 Å². The van der Waals surface area contributed by atoms with E-state index in [-0.39, 0.29) is 23.5 Å². The summed E-state index contributed by atoms with van der Waals surface area (Å²) >= 11 is 2.86. The van der Waals surface area contributed by atoms with Crippen LogP contribution in [0.25, 0.3) is 10.2 Å². The van der Waals surface area contributed by atoms with E-state index >= 15 is 0 Å². The summed E-state index contributed by atoms with van der Waals surface area (Å²) in [4.78, 5) is 45.3. The molecule has 0 radical (unpaired) electrons. The number of nitrogens with one attached hydrogen (secondary N) is 2. The number of nitrogens with zero attached hydrogens (tertiary/aromatic N) is 2. The Labute approximate surface area is 236 Å². The second-order valence-corrected chi connectivity index (χ2v) is 11.9. The lowest BCUT2D eigenvalue weighted by molar-refractivity contribution is -0.113. The van der Waals surface area contributed by atoms with Gasteiger partial charge >= 0.3 is 0 Å². The van der Waals surface area contributed by atoms with E-state index in [9.17, 15) is 14.4 Å². The molecule has 1 saturated heterocycles. The maximum Gasteiger partial charge on any atom is 0.256 e. The van der Waals surface area contributed by atoms with Gasteiger partial charge in [-0.15, -0.1) is 11.3 Å². The molecule has 3 amide bonds. The number of hydrogen-bond donors (Lipinski definition) is 2. The van der Waals surface area contributed by atoms with E-state index in [4.69, 9.17) is 0 Å². The van der Waals surface area contributed by atoms with Crippen molar-refractivity contribution in [1.29, 1.82) is 0 Å². The number of rotatable bonds is 7. The number of aryl methyl sites for hydroxylation is 2. The molecule has 39 heavy (non-hydrogen) atoms. The monoisotopic (exact) mass is 558 g/mol. The largest absolute Gasteiger partial charge is 0.339 e. The van der Waals surface area contributed by atoms with Crippen LogP contribution < -0.4 is 10.6 Å². The van der Waals surface area contributed by atoms with Crippen LogP contribution in [0.3, 0.4) is 0 Å². The van der Waals surface area contributed by atoms with Crippen molar-refractivity contribution >= 4 is 62.4 Å². The Morgan fingerprint density at radius 1 is 0.897 bits per heavy atom. The fourth-order valence-electron chi connectivity index (χ4n) is 4.69. The second kappa shape index (κ2) is 12.0. The van der Waals surface area contributed by atoms with Crippen molar-refractivity contribution in [3.05, 3.63) is 82.9 Å². The molecule has 0 aliphatic carbocycles. The van der Waals surface area contributed by atoms with Crippen molar-refractivity contribution < 1.29 is 14.4 Å². The van der Waals surface area contributed by atoms with Gasteiger partial charge in [0.1, 0.15) is 0 Å². The molecule has 1 aliphatic heterocycles. The van der Waals surface area contributed by atoms with Crippen LogP contribution in [0.15, 0.2) is 65.0 Å². The van der Waals surface area contributed by atoms with Crippen LogP contribution in [-0.2, 0) is 4.79 Å². The minimum Gasteiger partial charge on any atom is -0.339 e. The number of carbonyl (C=O) groups is 3. The van der Waals surface area contributed by atoms with E-state index < -0.39 is 0 Å². The number of fused-ring (bicyclic) bond motifs is 1. The van der Waals surface area contributed by atoms with Crippen LogP contribution in [0.5, 0.6) is 0 Å². The predicted octanol–water partition coefficient (Wildman–Crippen LogP) is 6.52. The maximum atomic E-state index is 13.2. The van der Waals surface area contributed by atoms with Crippen molar-refractivity contribution in [2.24, 2.45) is 0 Å². The lowest BCUT2D eigenvalue weighted by Gasteiger charge is -2.27. The van der Waals surface area contributed by atoms with Gasteiger partial charge in [-0.1, -0.05) is 42.1 Å². The first-order valence-corrected chi connectivity index (χ1v) is 14.8. The Kier molecular flexibility index (Phi) is 8.28. The topological polar surface area (TPSA) is 91.4 Å². The Morgan fingerprint density at radius 2 is 1.62 bits per heavy atom. The fraction of sp³-hybridized carbons (Fsp3) is 0.267. The summed E-state index contributed by atoms with van der Waals surface area (Å²) in [5.41, 5.74) is 5.13. The lowest BCUT2D eigenvalue weighted by atomic mass is 10.0. The number of amides is 3. The lowest BCUT2D eigenvalue weighted by Crippen LogP contribution is -2.36. The van der Waals surface area contributed by atoms with Crippen molar-refractivity contribution in [2.45, 2.75) is 37.4 Å². The Bertz CT molecular complexity index is 1520. The van der Waals surface area contributed by atoms with Gasteiger partial charge in [-0.3, -0.25) is 14.4 Å². The molecule has 0 bridgehead atoms. The molecule has 9 heteroatoms. The summed E-state index contributed by atoms with van der Waals surface area (Å²) in [6.07, 6.45) is 3.12. The zero-order valence-electron chi connectivity index (χ0n) is 22.0. The molecule has 1 aliphatic rings. The van der Waals surface area contributed by atoms with E-state index in [0.717, 1.165) is 63.7 Å². The molecule has 4 aromatic rings. The Balaban J connectivity index is 1.24. The average Bonchev–Trinajstić information content (AvgIpc) is 3.36. The van der Waals surface area contributed by atoms with Crippen molar-refractivity contribution in [1.82, 2.24) is 9.88 Å². The average molecular weight is 559 g/mol. The van der Waals surface area contributed by atoms with Gasteiger partial charge in [0, 0.05) is 24.5 Å². The highest BCUT2D eigenvalue weighted by Crippen LogP contribution is 2.32. The molecular weight excluding hydrogens is 528 g/mol. The van der Waals surface area contributed by atoms with Crippen LogP contribution in [0.1, 0.15) is 51.1 Å². The minimum atomic E-state index is -0.322. The number of carbonyl (C=O) groups excluding carboxylic acids is 3. The SMILES string of the molecule is Cc1cccc(C)c1NC(=O)CSc1nc2ccc(NC(=O)c3ccccc3C(=O)N3CCCCC3)cc2s1. The second-order valence-electron chi connectivity index (χ2n) is 9.62. The number of thioether (sulfide) groups is 1. The number of benzene rings is 3. The summed E-state index contributed by atoms with van der Waals surface area (Å²) in [6.45, 7) is 5.41. The summed E-state index contributed by atoms with van der Waals surface area (Å²) < 4.78 is 1.69. The van der Waals surface area contributed by atoms with Gasteiger partial charge in [0.25, 0.3) is 11.8 Å². The number of thiazole rings is 1. The van der Waals surface area contributed by atoms with Gasteiger partial charge in [0.2, 0.25) is 5.91 Å². The molecule has 1 aromatic heterocycles. The molecule has 2 heterocycles. The molecule has 7 nitrogen and oxygen atoms in total. The molecule has 5 rings (SSSR count). The van der Waals surface area contributed by atoms with Crippen molar-refractivity contribution in [2.75, 3.05) is 29.5 Å². The van der Waals surface area contributed by atoms with Crippen LogP contribution in [0.2, 0.25) is 0 Å². The molecular formula is C30H30N4O3S2. The normalized spacial score (nSPS) is 13.3. The molecule has 0 saturated carbocycles. The third-order valence-corrected chi connectivity index (χ3v) is 8.91. The van der Waals surface area contributed by atoms with Gasteiger partial charge in [-0.05, 0) is 74.6 Å². The first kappa shape index (κ1) is 26.9. The molecule has 1 fully saturated rings. The molecule has 200 valence electrons. The third-order valence-electron chi connectivity index (χ3n) is 6.74. The van der Waals surface area contributed by atoms with Crippen molar-refractivity contribution in [3.63, 3.8) is 0 Å². The number of hydrogen-bond acceptors (Lipinski definition) is 6. The van der Waals surface area contributed by atoms with E-state index in [1.54, 1.807) is 30.3 Å². The summed E-state index contributed by atoms with van der Waals surface area (Å²) in [6, 6.07) is 18.4. The molecule has 2 N–H and O–H groups in total. The predicted molar refractivity (Wildman–Crippen MR) is 159 cm³/mol. The molecule has 3 aromatic carbocycles. The molecule has 0 unspecified atom stereocenters. The zero-order valence-corrected chi connectivity index (χ0v) is 23.6. The number of likely N-dealkylation sites (tertiary alicyclic amines) is 1. The number of aromatic nitrogens is 1. The van der Waals surface area contributed by atoms with Crippen LogP contribution in [0, 0.1) is 13.8 Å². The van der Waals surface area contributed by atoms with Gasteiger partial charge in [-0.25, -0.2) is 4.98 Å². The number of piperidine rings is 1. The van der Waals surface area contributed by atoms with Gasteiger partial charge in [0.15, 0.2) is 4.34 Å². The first-order valence-electron chi connectivity index (χ1n) is 13.0. The molecule has 0 atom stereocenters. The van der Waals surface area contributed by atoms with Crippen molar-refractivity contribution in [3.8, 4) is 0 Å². The minimum absolute atomic E-state index is 0.0811. The van der Waals surface area contributed by atoms with E-state index in [2.05, 4.69) is 15.6 Å². The summed E-state index contributed by atoms with van der Waals surface area (Å²) in [7, 11) is 0. The van der Waals surface area contributed by atoms with Gasteiger partial charge in [0.05, 0.1) is 27.1 Å². The molecule has 0 spiro atoms. The number of para-hydroxylation sites is 1. The summed E-state index contributed by atoms with van der Waals surface area (Å²) in [5, 5.41) is 5.95. The van der Waals surface area contributed by atoms with Gasteiger partial charge < -0.3 is 15.5 Å². The van der Waals surface area contributed by atoms with E-state index in [0.29, 0.717) is 16.8 Å². The smallest absolute Gasteiger partial charge is 0.256 e. The maximum absolute atomic E-state index is 13.2. The highest BCUT2D eigenvalue weighted by atomic mass is 32.2. The van der Waals surface area contributed by atoms with Gasteiger partial charge in [-0.2, -0.15) is 0 Å². The Hall–Kier alpha value is -3.69. The highest BCUT2D eigenvalue weighted by Gasteiger charge is 2.23. The third kappa shape index (κ3) is 6.32. The quantitative estimate of drug-likeness (QED) is 0.252. The van der Waals surface area contributed by atoms with E-state index in [1.165, 1.54) is 23.1 Å². The zero-order chi connectivity index (χ0) is 27.4. The highest BCUT2D eigenvalue weighted by molar-refractivity contribution is 8.01. The summed E-state index contributed by atoms with van der Waals surface area (Å²) in [5.74, 6) is -0.249. The fourth-order valence-corrected chi connectivity index (χ4v) is 6.60. The van der Waals surface area contributed by atoms with Crippen LogP contribution in [-0.4, -0.2) is 46.4 Å². The first-order chi connectivity index (χ1) is 18.9. The van der Waals surface area contributed by atoms with E-state index in [1.807, 2.05) is 49.1 Å². The van der Waals surface area contributed by atoms with Crippen LogP contribution in [0.4, 0.5) is 11.4 Å². The standard InChI is InChI=1S/C30H30N4O3S2/c1-19-9-8-10-20(2)27(19)33-26(35)18-38-30-32-24-14-13-21(17-25(24)39-30)31-28(36)22-11-4-5-12-23(22)29(37)34-15-6-3-7-16-34/h4-5,8-14,17H,3,6-7,15-16,18H2,1-2H3,(H,31,36)(H,33,35).